The molecule has 0 aliphatic rings. The third kappa shape index (κ3) is 3.68. The molecule has 144 valence electrons. The van der Waals surface area contributed by atoms with Crippen molar-refractivity contribution < 1.29 is 13.9 Å². The van der Waals surface area contributed by atoms with E-state index in [9.17, 15) is 9.36 Å². The summed E-state index contributed by atoms with van der Waals surface area (Å²) in [6, 6.07) is 18.4. The Bertz CT molecular complexity index is 1040. The molecule has 0 saturated carbocycles. The number of para-hydroxylation sites is 1. The first kappa shape index (κ1) is 20.1. The predicted molar refractivity (Wildman–Crippen MR) is 115 cm³/mol. The van der Waals surface area contributed by atoms with Gasteiger partial charge in [-0.2, -0.15) is 0 Å². The highest BCUT2D eigenvalue weighted by Crippen LogP contribution is 2.51. The van der Waals surface area contributed by atoms with Crippen molar-refractivity contribution in [2.45, 2.75) is 34.6 Å². The van der Waals surface area contributed by atoms with Gasteiger partial charge in [-0.05, 0) is 69.0 Å². The smallest absolute Gasteiger partial charge is 0.346 e. The van der Waals surface area contributed by atoms with E-state index in [-0.39, 0.29) is 0 Å². The molecular weight excluding hydrogens is 367 g/mol. The number of rotatable bonds is 5. The van der Waals surface area contributed by atoms with Gasteiger partial charge in [0, 0.05) is 5.56 Å². The van der Waals surface area contributed by atoms with Crippen LogP contribution in [0.5, 0.6) is 5.75 Å². The van der Waals surface area contributed by atoms with Gasteiger partial charge in [0.2, 0.25) is 0 Å². The second-order valence-electron chi connectivity index (χ2n) is 7.28. The van der Waals surface area contributed by atoms with Gasteiger partial charge in [0.25, 0.3) is 5.52 Å². The monoisotopic (exact) mass is 392 g/mol. The molecule has 0 spiro atoms. The summed E-state index contributed by atoms with van der Waals surface area (Å²) in [6.07, 6.45) is 0. The zero-order valence-corrected chi connectivity index (χ0v) is 17.8. The lowest BCUT2D eigenvalue weighted by Crippen LogP contribution is -2.20. The van der Waals surface area contributed by atoms with E-state index in [2.05, 4.69) is 0 Å². The van der Waals surface area contributed by atoms with Crippen molar-refractivity contribution in [3.05, 3.63) is 94.0 Å². The number of carbonyl (C=O) groups excluding carboxylic acids is 1. The van der Waals surface area contributed by atoms with Crippen LogP contribution in [0.1, 0.15) is 38.2 Å². The quantitative estimate of drug-likeness (QED) is 0.496. The van der Waals surface area contributed by atoms with Crippen LogP contribution in [0.2, 0.25) is 0 Å². The Kier molecular flexibility index (Phi) is 5.58. The van der Waals surface area contributed by atoms with E-state index in [1.54, 1.807) is 24.3 Å². The van der Waals surface area contributed by atoms with Crippen LogP contribution in [-0.4, -0.2) is 5.52 Å². The molecule has 3 nitrogen and oxygen atoms in total. The zero-order chi connectivity index (χ0) is 20.5. The molecule has 0 fully saturated rings. The molecule has 4 heteroatoms. The summed E-state index contributed by atoms with van der Waals surface area (Å²) in [4.78, 5) is 13.7. The van der Waals surface area contributed by atoms with Crippen molar-refractivity contribution in [2.24, 2.45) is 0 Å². The summed E-state index contributed by atoms with van der Waals surface area (Å²) >= 11 is 0. The predicted octanol–water partition coefficient (Wildman–Crippen LogP) is 6.05. The highest BCUT2D eigenvalue weighted by molar-refractivity contribution is 7.83. The van der Waals surface area contributed by atoms with Crippen molar-refractivity contribution in [3.63, 3.8) is 0 Å². The molecule has 0 N–H and O–H groups in total. The van der Waals surface area contributed by atoms with Gasteiger partial charge >= 0.3 is 7.37 Å². The molecule has 0 bridgehead atoms. The van der Waals surface area contributed by atoms with Crippen LogP contribution in [0.25, 0.3) is 0 Å². The third-order valence-electron chi connectivity index (χ3n) is 4.88. The minimum absolute atomic E-state index is 0.405. The average Bonchev–Trinajstić information content (AvgIpc) is 2.64. The van der Waals surface area contributed by atoms with Crippen LogP contribution in [0.15, 0.2) is 60.7 Å². The van der Waals surface area contributed by atoms with Gasteiger partial charge in [0.15, 0.2) is 0 Å². The molecule has 0 radical (unpaired) electrons. The molecule has 3 rings (SSSR count). The Hall–Kier alpha value is -2.64. The lowest BCUT2D eigenvalue weighted by Gasteiger charge is -2.23. The minimum atomic E-state index is -3.87. The molecule has 1 unspecified atom stereocenters. The van der Waals surface area contributed by atoms with Crippen LogP contribution in [0.3, 0.4) is 0 Å². The van der Waals surface area contributed by atoms with Crippen molar-refractivity contribution >= 4 is 18.2 Å². The molecule has 3 aromatic carbocycles. The van der Waals surface area contributed by atoms with E-state index >= 15 is 0 Å². The number of hydrogen-bond acceptors (Lipinski definition) is 3. The lowest BCUT2D eigenvalue weighted by molar-refractivity contribution is 0.106. The maximum Gasteiger partial charge on any atom is 0.346 e. The van der Waals surface area contributed by atoms with Gasteiger partial charge in [0.05, 0.1) is 5.30 Å². The van der Waals surface area contributed by atoms with E-state index in [4.69, 9.17) is 4.52 Å². The first-order chi connectivity index (χ1) is 13.2. The summed E-state index contributed by atoms with van der Waals surface area (Å²) in [5, 5.41) is 0.405. The number of aryl methyl sites for hydroxylation is 5. The molecule has 0 aromatic heterocycles. The van der Waals surface area contributed by atoms with Gasteiger partial charge in [-0.25, -0.2) is 0 Å². The largest absolute Gasteiger partial charge is 0.434 e. The molecule has 0 aliphatic carbocycles. The average molecular weight is 392 g/mol. The summed E-state index contributed by atoms with van der Waals surface area (Å²) in [7, 11) is -3.87. The summed E-state index contributed by atoms with van der Waals surface area (Å²) in [5.74, 6) is 0.505. The first-order valence-corrected chi connectivity index (χ1v) is 10.9. The lowest BCUT2D eigenvalue weighted by atomic mass is 10.0. The first-order valence-electron chi connectivity index (χ1n) is 9.28. The van der Waals surface area contributed by atoms with Gasteiger partial charge < -0.3 is 4.52 Å². The van der Waals surface area contributed by atoms with E-state index in [1.165, 1.54) is 0 Å². The molecule has 0 saturated heterocycles. The molecule has 28 heavy (non-hydrogen) atoms. The molecule has 1 atom stereocenters. The van der Waals surface area contributed by atoms with Gasteiger partial charge in [-0.1, -0.05) is 54.1 Å². The van der Waals surface area contributed by atoms with Crippen molar-refractivity contribution in [1.82, 2.24) is 0 Å². The number of carbonyl (C=O) groups is 1. The number of benzene rings is 3. The Labute approximate surface area is 166 Å². The van der Waals surface area contributed by atoms with E-state index in [0.29, 0.717) is 16.6 Å². The van der Waals surface area contributed by atoms with Crippen molar-refractivity contribution in [2.75, 3.05) is 0 Å². The minimum Gasteiger partial charge on any atom is -0.434 e. The van der Waals surface area contributed by atoms with E-state index < -0.39 is 12.9 Å². The van der Waals surface area contributed by atoms with Gasteiger partial charge in [-0.3, -0.25) is 9.36 Å². The van der Waals surface area contributed by atoms with Crippen LogP contribution < -0.4 is 9.83 Å². The number of hydrogen-bond donors (Lipinski definition) is 0. The molecule has 0 heterocycles. The summed E-state index contributed by atoms with van der Waals surface area (Å²) in [5.41, 5.74) is 4.40. The van der Waals surface area contributed by atoms with Crippen LogP contribution in [0.4, 0.5) is 0 Å². The Morgan fingerprint density at radius 3 is 1.82 bits per heavy atom. The SMILES string of the molecule is Cc1cc(C)c(C(=O)P(=O)(Oc2c(C)cccc2C)c2ccccc2)c(C)c1. The highest BCUT2D eigenvalue weighted by Gasteiger charge is 2.39. The fourth-order valence-electron chi connectivity index (χ4n) is 3.57. The van der Waals surface area contributed by atoms with E-state index in [0.717, 1.165) is 27.8 Å². The molecular formula is C24H25O3P. The van der Waals surface area contributed by atoms with Crippen LogP contribution >= 0.6 is 7.37 Å². The Balaban J connectivity index is 2.21. The Morgan fingerprint density at radius 1 is 0.750 bits per heavy atom. The second kappa shape index (κ2) is 7.77. The van der Waals surface area contributed by atoms with Crippen LogP contribution in [0, 0.1) is 34.6 Å². The van der Waals surface area contributed by atoms with Gasteiger partial charge in [-0.15, -0.1) is 0 Å². The van der Waals surface area contributed by atoms with Crippen LogP contribution in [-0.2, 0) is 4.57 Å². The fourth-order valence-corrected chi connectivity index (χ4v) is 5.75. The topological polar surface area (TPSA) is 43.4 Å². The van der Waals surface area contributed by atoms with Crippen molar-refractivity contribution in [1.29, 1.82) is 0 Å². The van der Waals surface area contributed by atoms with Gasteiger partial charge in [0.1, 0.15) is 5.75 Å². The highest BCUT2D eigenvalue weighted by atomic mass is 31.2. The van der Waals surface area contributed by atoms with Crippen molar-refractivity contribution in [3.8, 4) is 5.75 Å². The molecule has 0 aliphatic heterocycles. The third-order valence-corrected chi connectivity index (χ3v) is 7.06. The molecule has 3 aromatic rings. The summed E-state index contributed by atoms with van der Waals surface area (Å²) in [6.45, 7) is 9.52. The standard InChI is InChI=1S/C24H25O3P/c1-16-14-19(4)22(20(5)15-16)24(25)28(26,21-12-7-6-8-13-21)27-23-17(2)10-9-11-18(23)3/h6-15H,1-5H3. The second-order valence-corrected chi connectivity index (χ2v) is 9.49. The Morgan fingerprint density at radius 2 is 1.29 bits per heavy atom. The molecule has 0 amide bonds. The fraction of sp³-hybridized carbons (Fsp3) is 0.208. The summed E-state index contributed by atoms with van der Waals surface area (Å²) < 4.78 is 20.3. The zero-order valence-electron chi connectivity index (χ0n) is 16.9. The normalized spacial score (nSPS) is 13.0. The maximum absolute atomic E-state index is 14.2. The van der Waals surface area contributed by atoms with E-state index in [1.807, 2.05) is 71.0 Å². The maximum atomic E-state index is 14.2.